The fourth-order valence-electron chi connectivity index (χ4n) is 4.08. The SMILES string of the molecule is CC(=O)NC1(C(=O)N2CCC[C@@H]2Cn2cccn2)CCCCC1. The number of amides is 2. The van der Waals surface area contributed by atoms with Crippen molar-refractivity contribution in [2.24, 2.45) is 0 Å². The van der Waals surface area contributed by atoms with E-state index < -0.39 is 5.54 Å². The van der Waals surface area contributed by atoms with Crippen molar-refractivity contribution in [3.63, 3.8) is 0 Å². The molecule has 1 aromatic rings. The van der Waals surface area contributed by atoms with Gasteiger partial charge in [-0.05, 0) is 31.7 Å². The van der Waals surface area contributed by atoms with Gasteiger partial charge in [0.25, 0.3) is 0 Å². The third-order valence-corrected chi connectivity index (χ3v) is 5.13. The molecule has 0 aromatic carbocycles. The van der Waals surface area contributed by atoms with Crippen LogP contribution in [0.25, 0.3) is 0 Å². The second-order valence-corrected chi connectivity index (χ2v) is 6.85. The Balaban J connectivity index is 1.76. The Labute approximate surface area is 137 Å². The first-order valence-electron chi connectivity index (χ1n) is 8.68. The van der Waals surface area contributed by atoms with Crippen molar-refractivity contribution >= 4 is 11.8 Å². The van der Waals surface area contributed by atoms with Crippen molar-refractivity contribution < 1.29 is 9.59 Å². The minimum absolute atomic E-state index is 0.108. The number of hydrogen-bond donors (Lipinski definition) is 1. The zero-order valence-electron chi connectivity index (χ0n) is 13.8. The Morgan fingerprint density at radius 3 is 2.70 bits per heavy atom. The van der Waals surface area contributed by atoms with Crippen LogP contribution in [0.2, 0.25) is 0 Å². The van der Waals surface area contributed by atoms with Gasteiger partial charge in [0, 0.05) is 25.9 Å². The molecule has 6 heteroatoms. The van der Waals surface area contributed by atoms with Gasteiger partial charge in [-0.25, -0.2) is 0 Å². The van der Waals surface area contributed by atoms with E-state index in [1.807, 2.05) is 21.8 Å². The van der Waals surface area contributed by atoms with Gasteiger partial charge in [0.15, 0.2) is 0 Å². The third-order valence-electron chi connectivity index (χ3n) is 5.13. The highest BCUT2D eigenvalue weighted by molar-refractivity contribution is 5.91. The predicted octanol–water partition coefficient (Wildman–Crippen LogP) is 1.71. The number of carbonyl (C=O) groups excluding carboxylic acids is 2. The number of nitrogens with one attached hydrogen (secondary N) is 1. The number of nitrogens with zero attached hydrogens (tertiary/aromatic N) is 3. The molecule has 1 saturated carbocycles. The van der Waals surface area contributed by atoms with Gasteiger partial charge < -0.3 is 10.2 Å². The van der Waals surface area contributed by atoms with Crippen LogP contribution in [0.15, 0.2) is 18.5 Å². The molecule has 23 heavy (non-hydrogen) atoms. The van der Waals surface area contributed by atoms with Crippen molar-refractivity contribution in [3.05, 3.63) is 18.5 Å². The second kappa shape index (κ2) is 6.72. The third kappa shape index (κ3) is 3.41. The molecular weight excluding hydrogens is 292 g/mol. The molecule has 1 saturated heterocycles. The highest BCUT2D eigenvalue weighted by Gasteiger charge is 2.45. The van der Waals surface area contributed by atoms with Crippen LogP contribution in [-0.4, -0.2) is 44.6 Å². The molecular formula is C17H26N4O2. The zero-order chi connectivity index (χ0) is 16.3. The first kappa shape index (κ1) is 16.0. The standard InChI is InChI=1S/C17H26N4O2/c1-14(22)19-17(8-3-2-4-9-17)16(23)21-12-5-7-15(21)13-20-11-6-10-18-20/h6,10-11,15H,2-5,7-9,12-13H2,1H3,(H,19,22)/t15-/m1/s1. The lowest BCUT2D eigenvalue weighted by Gasteiger charge is -2.40. The minimum Gasteiger partial charge on any atom is -0.342 e. The maximum absolute atomic E-state index is 13.3. The van der Waals surface area contributed by atoms with Crippen LogP contribution in [0, 0.1) is 0 Å². The van der Waals surface area contributed by atoms with Gasteiger partial charge in [0.1, 0.15) is 5.54 Å². The van der Waals surface area contributed by atoms with Gasteiger partial charge in [-0.1, -0.05) is 19.3 Å². The molecule has 0 unspecified atom stereocenters. The van der Waals surface area contributed by atoms with E-state index in [2.05, 4.69) is 10.4 Å². The molecule has 0 radical (unpaired) electrons. The first-order valence-corrected chi connectivity index (χ1v) is 8.68. The van der Waals surface area contributed by atoms with E-state index >= 15 is 0 Å². The van der Waals surface area contributed by atoms with Crippen LogP contribution >= 0.6 is 0 Å². The molecule has 1 aromatic heterocycles. The average molecular weight is 318 g/mol. The van der Waals surface area contributed by atoms with Crippen LogP contribution in [-0.2, 0) is 16.1 Å². The normalized spacial score (nSPS) is 23.7. The fraction of sp³-hybridized carbons (Fsp3) is 0.706. The zero-order valence-corrected chi connectivity index (χ0v) is 13.8. The van der Waals surface area contributed by atoms with E-state index in [0.29, 0.717) is 0 Å². The monoisotopic (exact) mass is 318 g/mol. The van der Waals surface area contributed by atoms with Gasteiger partial charge in [-0.3, -0.25) is 14.3 Å². The average Bonchev–Trinajstić information content (AvgIpc) is 3.19. The summed E-state index contributed by atoms with van der Waals surface area (Å²) in [6, 6.07) is 2.08. The molecule has 126 valence electrons. The molecule has 2 aliphatic rings. The summed E-state index contributed by atoms with van der Waals surface area (Å²) in [6.07, 6.45) is 10.4. The van der Waals surface area contributed by atoms with Crippen LogP contribution < -0.4 is 5.32 Å². The van der Waals surface area contributed by atoms with Crippen LogP contribution in [0.5, 0.6) is 0 Å². The highest BCUT2D eigenvalue weighted by atomic mass is 16.2. The highest BCUT2D eigenvalue weighted by Crippen LogP contribution is 2.33. The Morgan fingerprint density at radius 2 is 2.04 bits per heavy atom. The van der Waals surface area contributed by atoms with Crippen molar-refractivity contribution in [3.8, 4) is 0 Å². The number of aromatic nitrogens is 2. The predicted molar refractivity (Wildman–Crippen MR) is 86.6 cm³/mol. The first-order chi connectivity index (χ1) is 11.1. The number of rotatable bonds is 4. The number of likely N-dealkylation sites (tertiary alicyclic amines) is 1. The van der Waals surface area contributed by atoms with Gasteiger partial charge in [-0.2, -0.15) is 5.10 Å². The molecule has 1 N–H and O–H groups in total. The van der Waals surface area contributed by atoms with E-state index in [4.69, 9.17) is 0 Å². The summed E-state index contributed by atoms with van der Waals surface area (Å²) >= 11 is 0. The van der Waals surface area contributed by atoms with Crippen molar-refractivity contribution in [2.75, 3.05) is 6.54 Å². The molecule has 0 bridgehead atoms. The number of carbonyl (C=O) groups is 2. The lowest BCUT2D eigenvalue weighted by molar-refractivity contribution is -0.144. The molecule has 1 atom stereocenters. The fourth-order valence-corrected chi connectivity index (χ4v) is 4.08. The molecule has 3 rings (SSSR count). The smallest absolute Gasteiger partial charge is 0.248 e. The second-order valence-electron chi connectivity index (χ2n) is 6.85. The lowest BCUT2D eigenvalue weighted by atomic mass is 9.80. The molecule has 0 spiro atoms. The molecule has 2 amide bonds. The number of hydrogen-bond acceptors (Lipinski definition) is 3. The summed E-state index contributed by atoms with van der Waals surface area (Å²) in [7, 11) is 0. The molecule has 6 nitrogen and oxygen atoms in total. The van der Waals surface area contributed by atoms with Crippen LogP contribution in [0.4, 0.5) is 0 Å². The Kier molecular flexibility index (Phi) is 4.68. The summed E-state index contributed by atoms with van der Waals surface area (Å²) < 4.78 is 1.89. The quantitative estimate of drug-likeness (QED) is 0.919. The van der Waals surface area contributed by atoms with E-state index in [1.165, 1.54) is 6.92 Å². The van der Waals surface area contributed by atoms with Crippen LogP contribution in [0.3, 0.4) is 0 Å². The minimum atomic E-state index is -0.684. The molecule has 2 heterocycles. The van der Waals surface area contributed by atoms with Crippen LogP contribution in [0.1, 0.15) is 51.9 Å². The maximum atomic E-state index is 13.3. The molecule has 2 fully saturated rings. The lowest BCUT2D eigenvalue weighted by Crippen LogP contribution is -2.61. The van der Waals surface area contributed by atoms with Gasteiger partial charge in [-0.15, -0.1) is 0 Å². The van der Waals surface area contributed by atoms with Gasteiger partial charge in [0.05, 0.1) is 12.6 Å². The van der Waals surface area contributed by atoms with Crippen molar-refractivity contribution in [1.29, 1.82) is 0 Å². The summed E-state index contributed by atoms with van der Waals surface area (Å²) in [5, 5.41) is 7.26. The maximum Gasteiger partial charge on any atom is 0.248 e. The van der Waals surface area contributed by atoms with E-state index in [0.717, 1.165) is 58.0 Å². The largest absolute Gasteiger partial charge is 0.342 e. The Hall–Kier alpha value is -1.85. The summed E-state index contributed by atoms with van der Waals surface area (Å²) in [6.45, 7) is 3.02. The van der Waals surface area contributed by atoms with E-state index in [-0.39, 0.29) is 17.9 Å². The topological polar surface area (TPSA) is 67.2 Å². The molecule has 1 aliphatic heterocycles. The molecule has 1 aliphatic carbocycles. The Bertz CT molecular complexity index is 549. The van der Waals surface area contributed by atoms with Crippen molar-refractivity contribution in [2.45, 2.75) is 70.0 Å². The summed E-state index contributed by atoms with van der Waals surface area (Å²) in [5.41, 5.74) is -0.684. The van der Waals surface area contributed by atoms with E-state index in [1.54, 1.807) is 6.20 Å². The Morgan fingerprint density at radius 1 is 1.26 bits per heavy atom. The van der Waals surface area contributed by atoms with Gasteiger partial charge in [0.2, 0.25) is 11.8 Å². The van der Waals surface area contributed by atoms with Gasteiger partial charge >= 0.3 is 0 Å². The van der Waals surface area contributed by atoms with Crippen molar-refractivity contribution in [1.82, 2.24) is 20.0 Å². The summed E-state index contributed by atoms with van der Waals surface area (Å²) in [4.78, 5) is 26.9. The summed E-state index contributed by atoms with van der Waals surface area (Å²) in [5.74, 6) is 0.00475. The van der Waals surface area contributed by atoms with E-state index in [9.17, 15) is 9.59 Å².